The van der Waals surface area contributed by atoms with Gasteiger partial charge in [-0.2, -0.15) is 5.26 Å². The minimum absolute atomic E-state index is 0.235. The van der Waals surface area contributed by atoms with Gasteiger partial charge in [-0.05, 0) is 54.7 Å². The average Bonchev–Trinajstić information content (AvgIpc) is 2.86. The summed E-state index contributed by atoms with van der Waals surface area (Å²) in [4.78, 5) is 11.6. The van der Waals surface area contributed by atoms with Gasteiger partial charge >= 0.3 is 0 Å². The number of methoxy groups -OCH3 is 4. The Morgan fingerprint density at radius 3 is 2.06 bits per heavy atom. The molecular weight excluding hydrogens is 436 g/mol. The number of nitrogens with zero attached hydrogens (tertiary/aromatic N) is 2. The van der Waals surface area contributed by atoms with E-state index < -0.39 is 11.5 Å². The number of nitro groups is 1. The van der Waals surface area contributed by atoms with E-state index in [1.807, 2.05) is 25.1 Å². The van der Waals surface area contributed by atoms with Gasteiger partial charge in [0, 0.05) is 17.8 Å². The van der Waals surface area contributed by atoms with Crippen molar-refractivity contribution in [2.75, 3.05) is 28.4 Å². The second-order valence-electron chi connectivity index (χ2n) is 8.24. The summed E-state index contributed by atoms with van der Waals surface area (Å²) in [5.74, 6) is 2.28. The zero-order valence-electron chi connectivity index (χ0n) is 20.6. The second-order valence-corrected chi connectivity index (χ2v) is 8.24. The topological polar surface area (TPSA) is 104 Å². The molecule has 2 atom stereocenters. The number of ether oxygens (including phenoxy) is 4. The maximum absolute atomic E-state index is 11.8. The number of hydrogen-bond donors (Lipinski definition) is 0. The van der Waals surface area contributed by atoms with E-state index in [0.29, 0.717) is 48.7 Å². The molecule has 2 aromatic rings. The van der Waals surface area contributed by atoms with Gasteiger partial charge in [0.15, 0.2) is 23.0 Å². The van der Waals surface area contributed by atoms with Gasteiger partial charge in [0.05, 0.1) is 39.9 Å². The number of benzene rings is 2. The van der Waals surface area contributed by atoms with Crippen LogP contribution in [0.15, 0.2) is 36.4 Å². The molecule has 0 saturated carbocycles. The zero-order valence-corrected chi connectivity index (χ0v) is 20.6. The lowest BCUT2D eigenvalue weighted by Gasteiger charge is -2.28. The van der Waals surface area contributed by atoms with Gasteiger partial charge in [-0.25, -0.2) is 0 Å². The molecule has 0 spiro atoms. The molecule has 8 nitrogen and oxygen atoms in total. The first-order valence-corrected chi connectivity index (χ1v) is 11.4. The Bertz CT molecular complexity index is 1000. The van der Waals surface area contributed by atoms with Crippen LogP contribution in [0.4, 0.5) is 0 Å². The van der Waals surface area contributed by atoms with Crippen LogP contribution >= 0.6 is 0 Å². The molecule has 0 fully saturated rings. The van der Waals surface area contributed by atoms with Crippen molar-refractivity contribution in [2.45, 2.75) is 56.9 Å². The molecule has 2 rings (SSSR count). The highest BCUT2D eigenvalue weighted by Crippen LogP contribution is 2.39. The van der Waals surface area contributed by atoms with Gasteiger partial charge in [-0.1, -0.05) is 25.5 Å². The monoisotopic (exact) mass is 470 g/mol. The molecule has 0 aliphatic rings. The van der Waals surface area contributed by atoms with Crippen molar-refractivity contribution < 1.29 is 23.9 Å². The van der Waals surface area contributed by atoms with Crippen molar-refractivity contribution in [3.05, 3.63) is 57.6 Å². The molecule has 2 aromatic carbocycles. The van der Waals surface area contributed by atoms with Crippen LogP contribution in [0.2, 0.25) is 0 Å². The molecule has 0 amide bonds. The Balaban J connectivity index is 2.19. The lowest BCUT2D eigenvalue weighted by atomic mass is 9.74. The van der Waals surface area contributed by atoms with Crippen LogP contribution in [0.25, 0.3) is 0 Å². The highest BCUT2D eigenvalue weighted by Gasteiger charge is 2.33. The maximum Gasteiger partial charge on any atom is 0.217 e. The van der Waals surface area contributed by atoms with Crippen molar-refractivity contribution in [2.24, 2.45) is 0 Å². The summed E-state index contributed by atoms with van der Waals surface area (Å²) in [6, 6.07) is 12.6. The molecule has 0 radical (unpaired) electrons. The Kier molecular flexibility index (Phi) is 9.99. The Labute approximate surface area is 201 Å². The fourth-order valence-electron chi connectivity index (χ4n) is 4.35. The Hall–Kier alpha value is -3.47. The molecule has 184 valence electrons. The lowest BCUT2D eigenvalue weighted by molar-refractivity contribution is -0.523. The largest absolute Gasteiger partial charge is 0.493 e. The molecule has 2 unspecified atom stereocenters. The van der Waals surface area contributed by atoms with E-state index in [0.717, 1.165) is 17.5 Å². The van der Waals surface area contributed by atoms with Crippen LogP contribution in [0, 0.1) is 21.4 Å². The third kappa shape index (κ3) is 6.31. The van der Waals surface area contributed by atoms with E-state index in [-0.39, 0.29) is 11.3 Å². The normalized spacial score (nSPS) is 13.3. The average molecular weight is 471 g/mol. The summed E-state index contributed by atoms with van der Waals surface area (Å²) in [6.45, 7) is 2.03. The third-order valence-corrected chi connectivity index (χ3v) is 6.19. The van der Waals surface area contributed by atoms with Crippen molar-refractivity contribution in [1.82, 2.24) is 0 Å². The van der Waals surface area contributed by atoms with E-state index in [2.05, 4.69) is 6.07 Å². The van der Waals surface area contributed by atoms with E-state index in [4.69, 9.17) is 18.9 Å². The van der Waals surface area contributed by atoms with E-state index in [1.54, 1.807) is 39.5 Å². The molecule has 0 bridgehead atoms. The van der Waals surface area contributed by atoms with E-state index in [9.17, 15) is 15.4 Å². The van der Waals surface area contributed by atoms with Crippen LogP contribution in [0.3, 0.4) is 0 Å². The standard InChI is InChI=1S/C26H34N2O6/c1-6-13-26(18-27,20-10-12-23(32-3)25(17-20)34-5)14-7-8-21(28(29)30)15-19-9-11-22(31-2)24(16-19)33-4/h9-12,16-17,21H,6-8,13-15H2,1-5H3. The van der Waals surface area contributed by atoms with Crippen LogP contribution in [-0.2, 0) is 11.8 Å². The second kappa shape index (κ2) is 12.7. The fraction of sp³-hybridized carbons (Fsp3) is 0.500. The first kappa shape index (κ1) is 26.8. The van der Waals surface area contributed by atoms with Crippen LogP contribution in [0.1, 0.15) is 50.2 Å². The Morgan fingerprint density at radius 1 is 0.941 bits per heavy atom. The SMILES string of the molecule is CCCC(C#N)(CCCC(Cc1ccc(OC)c(OC)c1)[N+](=O)[O-])c1ccc(OC)c(OC)c1. The first-order valence-electron chi connectivity index (χ1n) is 11.4. The van der Waals surface area contributed by atoms with Gasteiger partial charge in [-0.15, -0.1) is 0 Å². The van der Waals surface area contributed by atoms with Crippen molar-refractivity contribution in [3.8, 4) is 29.1 Å². The summed E-state index contributed by atoms with van der Waals surface area (Å²) in [6.07, 6.45) is 3.16. The molecule has 0 heterocycles. The third-order valence-electron chi connectivity index (χ3n) is 6.19. The summed E-state index contributed by atoms with van der Waals surface area (Å²) in [5.41, 5.74) is 0.894. The van der Waals surface area contributed by atoms with Crippen LogP contribution in [0.5, 0.6) is 23.0 Å². The highest BCUT2D eigenvalue weighted by molar-refractivity contribution is 5.47. The maximum atomic E-state index is 11.8. The van der Waals surface area contributed by atoms with Crippen LogP contribution < -0.4 is 18.9 Å². The molecule has 0 aliphatic heterocycles. The van der Waals surface area contributed by atoms with Crippen molar-refractivity contribution >= 4 is 0 Å². The molecule has 0 aliphatic carbocycles. The minimum atomic E-state index is -0.762. The molecule has 0 aromatic heterocycles. The summed E-state index contributed by atoms with van der Waals surface area (Å²) >= 11 is 0. The van der Waals surface area contributed by atoms with Gasteiger partial charge in [0.25, 0.3) is 0 Å². The molecule has 34 heavy (non-hydrogen) atoms. The molecule has 8 heteroatoms. The fourth-order valence-corrected chi connectivity index (χ4v) is 4.35. The molecule has 0 saturated heterocycles. The zero-order chi connectivity index (χ0) is 25.1. The van der Waals surface area contributed by atoms with E-state index in [1.165, 1.54) is 7.11 Å². The van der Waals surface area contributed by atoms with Crippen LogP contribution in [-0.4, -0.2) is 39.4 Å². The lowest BCUT2D eigenvalue weighted by Crippen LogP contribution is -2.27. The quantitative estimate of drug-likeness (QED) is 0.271. The van der Waals surface area contributed by atoms with Crippen molar-refractivity contribution in [3.63, 3.8) is 0 Å². The van der Waals surface area contributed by atoms with E-state index >= 15 is 0 Å². The molecular formula is C26H34N2O6. The smallest absolute Gasteiger partial charge is 0.217 e. The summed E-state index contributed by atoms with van der Waals surface area (Å²) in [5, 5.41) is 22.0. The van der Waals surface area contributed by atoms with Gasteiger partial charge in [0.1, 0.15) is 0 Å². The number of rotatable bonds is 14. The summed E-state index contributed by atoms with van der Waals surface area (Å²) in [7, 11) is 6.21. The minimum Gasteiger partial charge on any atom is -0.493 e. The van der Waals surface area contributed by atoms with Gasteiger partial charge in [0.2, 0.25) is 6.04 Å². The predicted octanol–water partition coefficient (Wildman–Crippen LogP) is 5.34. The molecule has 0 N–H and O–H groups in total. The first-order chi connectivity index (χ1) is 16.4. The predicted molar refractivity (Wildman–Crippen MR) is 130 cm³/mol. The van der Waals surface area contributed by atoms with Gasteiger partial charge in [-0.3, -0.25) is 10.1 Å². The Morgan fingerprint density at radius 2 is 1.53 bits per heavy atom. The van der Waals surface area contributed by atoms with Crippen molar-refractivity contribution in [1.29, 1.82) is 5.26 Å². The number of hydrogen-bond acceptors (Lipinski definition) is 7. The highest BCUT2D eigenvalue weighted by atomic mass is 16.6. The number of nitriles is 1. The van der Waals surface area contributed by atoms with Gasteiger partial charge < -0.3 is 18.9 Å². The summed E-state index contributed by atoms with van der Waals surface area (Å²) < 4.78 is 21.3.